The zero-order valence-corrected chi connectivity index (χ0v) is 23.9. The summed E-state index contributed by atoms with van der Waals surface area (Å²) in [4.78, 5) is 11.3. The molecule has 0 amide bonds. The Labute approximate surface area is 237 Å². The summed E-state index contributed by atoms with van der Waals surface area (Å²) in [7, 11) is 1.59. The number of aromatic nitrogens is 3. The van der Waals surface area contributed by atoms with Crippen LogP contribution in [0, 0.1) is 22.9 Å². The van der Waals surface area contributed by atoms with Gasteiger partial charge in [0, 0.05) is 10.6 Å². The van der Waals surface area contributed by atoms with Crippen molar-refractivity contribution in [2.45, 2.75) is 30.9 Å². The zero-order valence-electron chi connectivity index (χ0n) is 21.5. The van der Waals surface area contributed by atoms with Crippen molar-refractivity contribution in [3.63, 3.8) is 0 Å². The predicted molar refractivity (Wildman–Crippen MR) is 149 cm³/mol. The largest absolute Gasteiger partial charge is 0.497 e. The standard InChI is InChI=1S/C27H26BrFN4O5S/c1-4-37-24-14-19(13-23(28)26(24)38-16-18-5-7-20(29)8-6-18)25(15-32(34)35)39-27-31-30-17(2)33(27)21-9-11-22(36-3)12-10-21/h5-14,25H,4,15-16H2,1-3H3/t25-/m0/s1. The van der Waals surface area contributed by atoms with Crippen LogP contribution in [0.1, 0.15) is 29.1 Å². The van der Waals surface area contributed by atoms with E-state index in [1.54, 1.807) is 31.4 Å². The molecule has 0 saturated heterocycles. The first kappa shape index (κ1) is 28.4. The maximum absolute atomic E-state index is 13.3. The van der Waals surface area contributed by atoms with Crippen molar-refractivity contribution in [1.82, 2.24) is 14.8 Å². The molecule has 1 heterocycles. The van der Waals surface area contributed by atoms with E-state index in [-0.39, 0.29) is 23.9 Å². The number of halogens is 2. The molecule has 1 atom stereocenters. The van der Waals surface area contributed by atoms with Gasteiger partial charge in [-0.25, -0.2) is 4.39 Å². The average Bonchev–Trinajstić information content (AvgIpc) is 3.28. The Balaban J connectivity index is 1.66. The Hall–Kier alpha value is -3.64. The third-order valence-electron chi connectivity index (χ3n) is 5.69. The summed E-state index contributed by atoms with van der Waals surface area (Å²) < 4.78 is 32.8. The van der Waals surface area contributed by atoms with E-state index in [2.05, 4.69) is 26.1 Å². The first-order valence-electron chi connectivity index (χ1n) is 12.0. The number of hydrogen-bond donors (Lipinski definition) is 0. The minimum Gasteiger partial charge on any atom is -0.497 e. The maximum atomic E-state index is 13.3. The molecule has 204 valence electrons. The topological polar surface area (TPSA) is 102 Å². The van der Waals surface area contributed by atoms with Crippen LogP contribution in [0.2, 0.25) is 0 Å². The van der Waals surface area contributed by atoms with Crippen LogP contribution in [0.5, 0.6) is 17.2 Å². The van der Waals surface area contributed by atoms with Gasteiger partial charge >= 0.3 is 0 Å². The number of benzene rings is 3. The number of nitro groups is 1. The van der Waals surface area contributed by atoms with Crippen molar-refractivity contribution < 1.29 is 23.5 Å². The van der Waals surface area contributed by atoms with Gasteiger partial charge in [-0.1, -0.05) is 23.9 Å². The molecule has 0 radical (unpaired) electrons. The minimum atomic E-state index is -0.609. The Morgan fingerprint density at radius 1 is 1.10 bits per heavy atom. The van der Waals surface area contributed by atoms with Gasteiger partial charge in [0.15, 0.2) is 16.7 Å². The van der Waals surface area contributed by atoms with E-state index in [1.165, 1.54) is 23.9 Å². The van der Waals surface area contributed by atoms with E-state index in [9.17, 15) is 14.5 Å². The predicted octanol–water partition coefficient (Wildman–Crippen LogP) is 6.57. The fourth-order valence-electron chi connectivity index (χ4n) is 3.83. The van der Waals surface area contributed by atoms with Gasteiger partial charge in [0.1, 0.15) is 29.2 Å². The van der Waals surface area contributed by atoms with Crippen LogP contribution in [0.15, 0.2) is 70.3 Å². The third-order valence-corrected chi connectivity index (χ3v) is 7.46. The van der Waals surface area contributed by atoms with Gasteiger partial charge < -0.3 is 14.2 Å². The Morgan fingerprint density at radius 2 is 1.82 bits per heavy atom. The molecule has 12 heteroatoms. The quantitative estimate of drug-likeness (QED) is 0.1000. The second kappa shape index (κ2) is 12.9. The van der Waals surface area contributed by atoms with E-state index >= 15 is 0 Å². The molecule has 39 heavy (non-hydrogen) atoms. The van der Waals surface area contributed by atoms with Crippen LogP contribution >= 0.6 is 27.7 Å². The molecule has 0 aliphatic heterocycles. The van der Waals surface area contributed by atoms with Crippen molar-refractivity contribution in [3.05, 3.63) is 98.0 Å². The van der Waals surface area contributed by atoms with E-state index in [1.807, 2.05) is 42.7 Å². The molecular weight excluding hydrogens is 591 g/mol. The number of ether oxygens (including phenoxy) is 3. The second-order valence-electron chi connectivity index (χ2n) is 8.36. The third kappa shape index (κ3) is 7.07. The van der Waals surface area contributed by atoms with Gasteiger partial charge in [-0.15, -0.1) is 10.2 Å². The number of rotatable bonds is 12. The molecule has 0 fully saturated rings. The second-order valence-corrected chi connectivity index (χ2v) is 10.4. The first-order valence-corrected chi connectivity index (χ1v) is 13.6. The van der Waals surface area contributed by atoms with Gasteiger partial charge in [0.2, 0.25) is 6.54 Å². The monoisotopic (exact) mass is 616 g/mol. The van der Waals surface area contributed by atoms with Crippen LogP contribution in [0.4, 0.5) is 4.39 Å². The lowest BCUT2D eigenvalue weighted by molar-refractivity contribution is -0.479. The fourth-order valence-corrected chi connectivity index (χ4v) is 5.56. The SMILES string of the molecule is CCOc1cc([C@H](C[N+](=O)[O-])Sc2nnc(C)n2-c2ccc(OC)cc2)cc(Br)c1OCc1ccc(F)cc1. The average molecular weight is 617 g/mol. The van der Waals surface area contributed by atoms with Crippen molar-refractivity contribution in [2.24, 2.45) is 0 Å². The summed E-state index contributed by atoms with van der Waals surface area (Å²) in [6.07, 6.45) is 0. The highest BCUT2D eigenvalue weighted by atomic mass is 79.9. The van der Waals surface area contributed by atoms with Gasteiger partial charge in [0.25, 0.3) is 0 Å². The van der Waals surface area contributed by atoms with Crippen molar-refractivity contribution in [1.29, 1.82) is 0 Å². The number of aryl methyl sites for hydroxylation is 1. The highest BCUT2D eigenvalue weighted by Crippen LogP contribution is 2.43. The summed E-state index contributed by atoms with van der Waals surface area (Å²) >= 11 is 4.79. The lowest BCUT2D eigenvalue weighted by Crippen LogP contribution is -2.12. The molecule has 9 nitrogen and oxygen atoms in total. The van der Waals surface area contributed by atoms with E-state index in [0.717, 1.165) is 11.3 Å². The van der Waals surface area contributed by atoms with Crippen molar-refractivity contribution in [3.8, 4) is 22.9 Å². The Morgan fingerprint density at radius 3 is 2.46 bits per heavy atom. The normalized spacial score (nSPS) is 11.7. The molecule has 0 unspecified atom stereocenters. The van der Waals surface area contributed by atoms with Crippen molar-refractivity contribution >= 4 is 27.7 Å². The highest BCUT2D eigenvalue weighted by molar-refractivity contribution is 9.10. The van der Waals surface area contributed by atoms with Crippen molar-refractivity contribution in [2.75, 3.05) is 20.3 Å². The van der Waals surface area contributed by atoms with E-state index in [0.29, 0.717) is 44.9 Å². The number of thioether (sulfide) groups is 1. The lowest BCUT2D eigenvalue weighted by Gasteiger charge is -2.19. The zero-order chi connectivity index (χ0) is 27.9. The molecule has 3 aromatic carbocycles. The number of hydrogen-bond acceptors (Lipinski definition) is 8. The van der Waals surface area contributed by atoms with Crippen LogP contribution in [-0.4, -0.2) is 39.9 Å². The molecule has 0 aliphatic rings. The van der Waals surface area contributed by atoms with E-state index in [4.69, 9.17) is 14.2 Å². The highest BCUT2D eigenvalue weighted by Gasteiger charge is 2.26. The molecule has 0 saturated carbocycles. The van der Waals surface area contributed by atoms with Crippen LogP contribution < -0.4 is 14.2 Å². The Bertz CT molecular complexity index is 1430. The molecular formula is C27H26BrFN4O5S. The lowest BCUT2D eigenvalue weighted by atomic mass is 10.1. The molecule has 0 N–H and O–H groups in total. The Kier molecular flexibility index (Phi) is 9.41. The number of methoxy groups -OCH3 is 1. The summed E-state index contributed by atoms with van der Waals surface area (Å²) in [6, 6.07) is 16.9. The molecule has 4 rings (SSSR count). The summed E-state index contributed by atoms with van der Waals surface area (Å²) in [6.45, 7) is 3.86. The smallest absolute Gasteiger partial charge is 0.220 e. The van der Waals surface area contributed by atoms with E-state index < -0.39 is 5.25 Å². The summed E-state index contributed by atoms with van der Waals surface area (Å²) in [5, 5.41) is 20.1. The summed E-state index contributed by atoms with van der Waals surface area (Å²) in [5.74, 6) is 1.91. The van der Waals surface area contributed by atoms with Gasteiger partial charge in [-0.05, 0) is 89.4 Å². The van der Waals surface area contributed by atoms with Crippen LogP contribution in [0.3, 0.4) is 0 Å². The van der Waals surface area contributed by atoms with Gasteiger partial charge in [-0.2, -0.15) is 0 Å². The van der Waals surface area contributed by atoms with Crippen LogP contribution in [-0.2, 0) is 6.61 Å². The molecule has 0 bridgehead atoms. The van der Waals surface area contributed by atoms with Gasteiger partial charge in [0.05, 0.1) is 18.2 Å². The molecule has 0 aliphatic carbocycles. The molecule has 4 aromatic rings. The fraction of sp³-hybridized carbons (Fsp3) is 0.259. The minimum absolute atomic E-state index is 0.190. The van der Waals surface area contributed by atoms with Crippen LogP contribution in [0.25, 0.3) is 5.69 Å². The maximum Gasteiger partial charge on any atom is 0.220 e. The van der Waals surface area contributed by atoms with Gasteiger partial charge in [-0.3, -0.25) is 14.7 Å². The molecule has 1 aromatic heterocycles. The molecule has 0 spiro atoms. The number of nitrogens with zero attached hydrogens (tertiary/aromatic N) is 4. The summed E-state index contributed by atoms with van der Waals surface area (Å²) in [5.41, 5.74) is 2.24. The first-order chi connectivity index (χ1) is 18.8.